The van der Waals surface area contributed by atoms with Crippen LogP contribution in [0.2, 0.25) is 0 Å². The number of aliphatic hydroxyl groups is 2. The maximum atomic E-state index is 10.6. The van der Waals surface area contributed by atoms with E-state index in [1.807, 2.05) is 44.2 Å². The predicted molar refractivity (Wildman–Crippen MR) is 98.0 cm³/mol. The summed E-state index contributed by atoms with van der Waals surface area (Å²) in [6.07, 6.45) is -0.993. The summed E-state index contributed by atoms with van der Waals surface area (Å²) in [5.74, 6) is 0. The lowest BCUT2D eigenvalue weighted by atomic mass is 9.85. The average molecular weight is 376 g/mol. The van der Waals surface area contributed by atoms with Gasteiger partial charge in [-0.05, 0) is 25.8 Å². The van der Waals surface area contributed by atoms with Gasteiger partial charge in [-0.2, -0.15) is 0 Å². The molecule has 148 valence electrons. The van der Waals surface area contributed by atoms with Crippen molar-refractivity contribution in [1.29, 1.82) is 0 Å². The Morgan fingerprint density at radius 1 is 1.22 bits per heavy atom. The first kappa shape index (κ1) is 19.1. The first-order valence-electron chi connectivity index (χ1n) is 9.49. The molecule has 27 heavy (non-hydrogen) atoms. The van der Waals surface area contributed by atoms with Crippen LogP contribution in [-0.2, 0) is 18.9 Å². The van der Waals surface area contributed by atoms with Crippen LogP contribution in [0.5, 0.6) is 0 Å². The maximum absolute atomic E-state index is 10.6. The molecule has 4 rings (SSSR count). The Kier molecular flexibility index (Phi) is 4.91. The van der Waals surface area contributed by atoms with Gasteiger partial charge in [0.15, 0.2) is 6.29 Å². The van der Waals surface area contributed by atoms with Gasteiger partial charge >= 0.3 is 0 Å². The third-order valence-corrected chi connectivity index (χ3v) is 5.90. The van der Waals surface area contributed by atoms with Crippen LogP contribution in [0, 0.1) is 0 Å². The van der Waals surface area contributed by atoms with Crippen molar-refractivity contribution in [3.63, 3.8) is 0 Å². The molecule has 0 amide bonds. The van der Waals surface area contributed by atoms with Crippen molar-refractivity contribution in [1.82, 2.24) is 0 Å². The van der Waals surface area contributed by atoms with Crippen LogP contribution >= 0.6 is 0 Å². The molecular formula is C21H28O6. The van der Waals surface area contributed by atoms with Gasteiger partial charge in [0.05, 0.1) is 31.5 Å². The number of epoxide rings is 1. The van der Waals surface area contributed by atoms with E-state index in [2.05, 4.69) is 6.58 Å². The van der Waals surface area contributed by atoms with Gasteiger partial charge in [0, 0.05) is 12.0 Å². The van der Waals surface area contributed by atoms with Crippen LogP contribution in [0.25, 0.3) is 0 Å². The molecule has 3 saturated heterocycles. The highest BCUT2D eigenvalue weighted by atomic mass is 16.7. The summed E-state index contributed by atoms with van der Waals surface area (Å²) in [6, 6.07) is 9.78. The Morgan fingerprint density at radius 3 is 2.63 bits per heavy atom. The smallest absolute Gasteiger partial charge is 0.184 e. The lowest BCUT2D eigenvalue weighted by Crippen LogP contribution is -2.60. The van der Waals surface area contributed by atoms with E-state index in [0.29, 0.717) is 19.4 Å². The Balaban J connectivity index is 1.40. The van der Waals surface area contributed by atoms with Crippen LogP contribution in [0.1, 0.15) is 38.5 Å². The molecule has 7 atom stereocenters. The van der Waals surface area contributed by atoms with Gasteiger partial charge in [-0.15, -0.1) is 0 Å². The first-order valence-corrected chi connectivity index (χ1v) is 9.49. The van der Waals surface area contributed by atoms with Crippen molar-refractivity contribution in [3.05, 3.63) is 48.0 Å². The molecule has 6 heteroatoms. The third kappa shape index (κ3) is 3.58. The average Bonchev–Trinajstić information content (AvgIpc) is 3.36. The Bertz CT molecular complexity index is 693. The number of hydrogen-bond acceptors (Lipinski definition) is 6. The van der Waals surface area contributed by atoms with Gasteiger partial charge in [0.25, 0.3) is 0 Å². The molecule has 0 aliphatic carbocycles. The van der Waals surface area contributed by atoms with Crippen molar-refractivity contribution in [2.45, 2.75) is 68.6 Å². The van der Waals surface area contributed by atoms with Crippen molar-refractivity contribution in [2.75, 3.05) is 13.2 Å². The zero-order valence-electron chi connectivity index (χ0n) is 15.8. The van der Waals surface area contributed by atoms with Gasteiger partial charge in [-0.3, -0.25) is 0 Å². The molecule has 3 fully saturated rings. The number of hydrogen-bond donors (Lipinski definition) is 2. The van der Waals surface area contributed by atoms with Crippen LogP contribution in [0.4, 0.5) is 0 Å². The summed E-state index contributed by atoms with van der Waals surface area (Å²) >= 11 is 0. The van der Waals surface area contributed by atoms with Crippen molar-refractivity contribution in [2.24, 2.45) is 0 Å². The SMILES string of the molecule is C=C(C[C@@H]1O[C@]2(C)CO[C@@H](c3ccccc3)O[C@H]2C[C@H]1O)[C@H]1O[C@]1(C)CO. The quantitative estimate of drug-likeness (QED) is 0.605. The summed E-state index contributed by atoms with van der Waals surface area (Å²) in [4.78, 5) is 0. The van der Waals surface area contributed by atoms with E-state index in [4.69, 9.17) is 18.9 Å². The third-order valence-electron chi connectivity index (χ3n) is 5.90. The Hall–Kier alpha value is -1.28. The van der Waals surface area contributed by atoms with Gasteiger partial charge in [0.2, 0.25) is 0 Å². The molecule has 0 saturated carbocycles. The monoisotopic (exact) mass is 376 g/mol. The molecule has 1 aromatic rings. The molecule has 0 bridgehead atoms. The fourth-order valence-electron chi connectivity index (χ4n) is 4.08. The molecule has 0 spiro atoms. The molecule has 0 radical (unpaired) electrons. The minimum atomic E-state index is -0.659. The van der Waals surface area contributed by atoms with E-state index in [9.17, 15) is 10.2 Å². The summed E-state index contributed by atoms with van der Waals surface area (Å²) in [7, 11) is 0. The van der Waals surface area contributed by atoms with Crippen LogP contribution in [0.15, 0.2) is 42.5 Å². The molecule has 2 N–H and O–H groups in total. The van der Waals surface area contributed by atoms with Crippen LogP contribution in [0.3, 0.4) is 0 Å². The minimum absolute atomic E-state index is 0.0485. The van der Waals surface area contributed by atoms with E-state index in [-0.39, 0.29) is 18.8 Å². The minimum Gasteiger partial charge on any atom is -0.393 e. The first-order chi connectivity index (χ1) is 12.8. The highest BCUT2D eigenvalue weighted by molar-refractivity contribution is 5.21. The normalized spacial score (nSPS) is 43.8. The van der Waals surface area contributed by atoms with Crippen LogP contribution in [-0.4, -0.2) is 59.0 Å². The summed E-state index contributed by atoms with van der Waals surface area (Å²) < 4.78 is 23.8. The second-order valence-electron chi connectivity index (χ2n) is 8.28. The van der Waals surface area contributed by atoms with Gasteiger partial charge in [0.1, 0.15) is 17.3 Å². The lowest BCUT2D eigenvalue weighted by molar-refractivity contribution is -0.337. The highest BCUT2D eigenvalue weighted by Gasteiger charge is 2.55. The van der Waals surface area contributed by atoms with E-state index < -0.39 is 29.7 Å². The zero-order valence-corrected chi connectivity index (χ0v) is 15.8. The molecule has 3 aliphatic heterocycles. The molecule has 0 unspecified atom stereocenters. The van der Waals surface area contributed by atoms with Crippen molar-refractivity contribution >= 4 is 0 Å². The maximum Gasteiger partial charge on any atom is 0.184 e. The van der Waals surface area contributed by atoms with Crippen LogP contribution < -0.4 is 0 Å². The molecule has 1 aromatic carbocycles. The fourth-order valence-corrected chi connectivity index (χ4v) is 4.08. The molecule has 3 heterocycles. The second kappa shape index (κ2) is 6.95. The number of fused-ring (bicyclic) bond motifs is 1. The fraction of sp³-hybridized carbons (Fsp3) is 0.619. The van der Waals surface area contributed by atoms with Gasteiger partial charge < -0.3 is 29.2 Å². The second-order valence-corrected chi connectivity index (χ2v) is 8.28. The van der Waals surface area contributed by atoms with Crippen molar-refractivity contribution < 1.29 is 29.2 Å². The van der Waals surface area contributed by atoms with Gasteiger partial charge in [-0.1, -0.05) is 36.9 Å². The van der Waals surface area contributed by atoms with E-state index in [0.717, 1.165) is 11.1 Å². The van der Waals surface area contributed by atoms with E-state index in [1.165, 1.54) is 0 Å². The largest absolute Gasteiger partial charge is 0.393 e. The number of aliphatic hydroxyl groups excluding tert-OH is 2. The topological polar surface area (TPSA) is 80.7 Å². The molecular weight excluding hydrogens is 348 g/mol. The summed E-state index contributed by atoms with van der Waals surface area (Å²) in [6.45, 7) is 8.24. The highest BCUT2D eigenvalue weighted by Crippen LogP contribution is 2.44. The molecule has 6 nitrogen and oxygen atoms in total. The summed E-state index contributed by atoms with van der Waals surface area (Å²) in [5, 5.41) is 20.0. The predicted octanol–water partition coefficient (Wildman–Crippen LogP) is 2.11. The Labute approximate surface area is 159 Å². The number of benzene rings is 1. The number of rotatable bonds is 5. The molecule has 0 aromatic heterocycles. The zero-order chi connectivity index (χ0) is 19.2. The molecule has 3 aliphatic rings. The summed E-state index contributed by atoms with van der Waals surface area (Å²) in [5.41, 5.74) is 0.611. The standard InChI is InChI=1S/C21H28O6/c1-13(18-20(2,11-22)27-18)9-16-15(23)10-17-21(3,26-16)12-24-19(25-17)14-7-5-4-6-8-14/h4-8,15-19,22-23H,1,9-12H2,2-3H3/t15-,16+,17+,18-,19-,20-,21-/m1/s1. The van der Waals surface area contributed by atoms with Crippen molar-refractivity contribution in [3.8, 4) is 0 Å². The lowest BCUT2D eigenvalue weighted by Gasteiger charge is -2.50. The van der Waals surface area contributed by atoms with E-state index >= 15 is 0 Å². The Morgan fingerprint density at radius 2 is 1.96 bits per heavy atom. The number of ether oxygens (including phenoxy) is 4. The van der Waals surface area contributed by atoms with Gasteiger partial charge in [-0.25, -0.2) is 0 Å². The van der Waals surface area contributed by atoms with E-state index in [1.54, 1.807) is 0 Å².